The molecule has 0 aromatic heterocycles. The van der Waals surface area contributed by atoms with Crippen molar-refractivity contribution in [3.63, 3.8) is 0 Å². The van der Waals surface area contributed by atoms with Gasteiger partial charge in [-0.1, -0.05) is 6.92 Å². The van der Waals surface area contributed by atoms with Crippen LogP contribution in [0.25, 0.3) is 0 Å². The minimum absolute atomic E-state index is 0.303. The van der Waals surface area contributed by atoms with E-state index in [0.717, 1.165) is 0 Å². The van der Waals surface area contributed by atoms with Gasteiger partial charge in [-0.3, -0.25) is 4.79 Å². The maximum absolute atomic E-state index is 11.1. The lowest BCUT2D eigenvalue weighted by Crippen LogP contribution is -2.46. The summed E-state index contributed by atoms with van der Waals surface area (Å²) in [6, 6.07) is 2.02. The Hall–Kier alpha value is -0.750. The van der Waals surface area contributed by atoms with E-state index in [1.807, 2.05) is 13.0 Å². The van der Waals surface area contributed by atoms with Crippen LogP contribution in [-0.2, 0) is 4.79 Å². The van der Waals surface area contributed by atoms with Gasteiger partial charge < -0.3 is 5.32 Å². The lowest BCUT2D eigenvalue weighted by Gasteiger charge is -2.21. The number of carbonyl (C=O) groups excluding carboxylic acids is 1. The van der Waals surface area contributed by atoms with Gasteiger partial charge in [0.2, 0.25) is 5.91 Å². The molecule has 1 N–H and O–H groups in total. The summed E-state index contributed by atoms with van der Waals surface area (Å²) in [4.78, 5) is 11.1. The van der Waals surface area contributed by atoms with Gasteiger partial charge in [-0.15, -0.1) is 11.6 Å². The van der Waals surface area contributed by atoms with Crippen LogP contribution in [0.2, 0.25) is 0 Å². The Labute approximate surface area is 77.7 Å². The Bertz CT molecular complexity index is 210. The van der Waals surface area contributed by atoms with Gasteiger partial charge in [-0.2, -0.15) is 5.26 Å². The maximum atomic E-state index is 11.1. The molecule has 2 atom stereocenters. The van der Waals surface area contributed by atoms with Crippen molar-refractivity contribution < 1.29 is 4.79 Å². The Morgan fingerprint density at radius 2 is 2.33 bits per heavy atom. The van der Waals surface area contributed by atoms with E-state index in [0.29, 0.717) is 6.42 Å². The lowest BCUT2D eigenvalue weighted by atomic mass is 10.0. The van der Waals surface area contributed by atoms with Crippen LogP contribution < -0.4 is 5.32 Å². The molecule has 3 nitrogen and oxygen atoms in total. The fourth-order valence-corrected chi connectivity index (χ4v) is 0.621. The molecule has 0 aromatic rings. The number of carbonyl (C=O) groups is 1. The first-order valence-electron chi connectivity index (χ1n) is 3.82. The SMILES string of the molecule is CCC(C)(C#N)NC(=O)C(C)Cl. The highest BCUT2D eigenvalue weighted by Crippen LogP contribution is 2.08. The zero-order valence-corrected chi connectivity index (χ0v) is 8.27. The molecular formula is C8H13ClN2O. The van der Waals surface area contributed by atoms with Gasteiger partial charge in [0.05, 0.1) is 6.07 Å². The van der Waals surface area contributed by atoms with Gasteiger partial charge in [0, 0.05) is 0 Å². The molecular weight excluding hydrogens is 176 g/mol. The number of nitriles is 1. The lowest BCUT2D eigenvalue weighted by molar-refractivity contribution is -0.121. The predicted octanol–water partition coefficient (Wildman–Crippen LogP) is 1.42. The second-order valence-corrected chi connectivity index (χ2v) is 3.56. The summed E-state index contributed by atoms with van der Waals surface area (Å²) in [7, 11) is 0. The molecule has 0 heterocycles. The molecule has 0 fully saturated rings. The quantitative estimate of drug-likeness (QED) is 0.682. The molecule has 1 amide bonds. The number of hydrogen-bond acceptors (Lipinski definition) is 2. The molecule has 0 aromatic carbocycles. The van der Waals surface area contributed by atoms with Crippen molar-refractivity contribution in [1.29, 1.82) is 5.26 Å². The second kappa shape index (κ2) is 4.32. The predicted molar refractivity (Wildman–Crippen MR) is 47.8 cm³/mol. The highest BCUT2D eigenvalue weighted by Gasteiger charge is 2.25. The van der Waals surface area contributed by atoms with Crippen LogP contribution in [0.1, 0.15) is 27.2 Å². The Morgan fingerprint density at radius 3 is 2.58 bits per heavy atom. The van der Waals surface area contributed by atoms with Crippen LogP contribution in [0.3, 0.4) is 0 Å². The zero-order chi connectivity index (χ0) is 9.78. The first-order valence-corrected chi connectivity index (χ1v) is 4.26. The second-order valence-electron chi connectivity index (χ2n) is 2.90. The summed E-state index contributed by atoms with van der Waals surface area (Å²) < 4.78 is 0. The Balaban J connectivity index is 4.25. The average molecular weight is 189 g/mol. The molecule has 4 heteroatoms. The van der Waals surface area contributed by atoms with Gasteiger partial charge >= 0.3 is 0 Å². The number of halogens is 1. The Kier molecular flexibility index (Phi) is 4.05. The van der Waals surface area contributed by atoms with E-state index < -0.39 is 10.9 Å². The van der Waals surface area contributed by atoms with E-state index in [1.54, 1.807) is 13.8 Å². The van der Waals surface area contributed by atoms with Gasteiger partial charge in [0.25, 0.3) is 0 Å². The maximum Gasteiger partial charge on any atom is 0.238 e. The summed E-state index contributed by atoms with van der Waals surface area (Å²) in [5.41, 5.74) is -0.791. The third kappa shape index (κ3) is 3.10. The van der Waals surface area contributed by atoms with E-state index in [4.69, 9.17) is 16.9 Å². The fraction of sp³-hybridized carbons (Fsp3) is 0.750. The van der Waals surface area contributed by atoms with Crippen molar-refractivity contribution in [3.8, 4) is 6.07 Å². The molecule has 0 aliphatic carbocycles. The van der Waals surface area contributed by atoms with Crippen LogP contribution in [0.4, 0.5) is 0 Å². The molecule has 2 unspecified atom stereocenters. The first kappa shape index (κ1) is 11.2. The fourth-order valence-electron chi connectivity index (χ4n) is 0.567. The molecule has 0 saturated heterocycles. The monoisotopic (exact) mass is 188 g/mol. The van der Waals surface area contributed by atoms with Crippen molar-refractivity contribution in [2.45, 2.75) is 38.1 Å². The number of nitrogens with one attached hydrogen (secondary N) is 1. The van der Waals surface area contributed by atoms with Crippen LogP contribution >= 0.6 is 11.6 Å². The number of rotatable bonds is 3. The molecule has 0 spiro atoms. The van der Waals surface area contributed by atoms with Crippen molar-refractivity contribution in [2.24, 2.45) is 0 Å². The molecule has 0 bridgehead atoms. The number of hydrogen-bond donors (Lipinski definition) is 1. The van der Waals surface area contributed by atoms with E-state index >= 15 is 0 Å². The van der Waals surface area contributed by atoms with E-state index in [2.05, 4.69) is 5.32 Å². The number of amides is 1. The van der Waals surface area contributed by atoms with Crippen molar-refractivity contribution >= 4 is 17.5 Å². The van der Waals surface area contributed by atoms with Crippen LogP contribution in [0.15, 0.2) is 0 Å². The van der Waals surface area contributed by atoms with Crippen molar-refractivity contribution in [2.75, 3.05) is 0 Å². The van der Waals surface area contributed by atoms with E-state index in [-0.39, 0.29) is 5.91 Å². The van der Waals surface area contributed by atoms with Gasteiger partial charge in [0.1, 0.15) is 10.9 Å². The molecule has 0 rings (SSSR count). The van der Waals surface area contributed by atoms with Crippen molar-refractivity contribution in [1.82, 2.24) is 5.32 Å². The highest BCUT2D eigenvalue weighted by molar-refractivity contribution is 6.30. The van der Waals surface area contributed by atoms with Gasteiger partial charge in [-0.05, 0) is 20.3 Å². The van der Waals surface area contributed by atoms with E-state index in [9.17, 15) is 4.79 Å². The summed E-state index contributed by atoms with van der Waals surface area (Å²) in [6.45, 7) is 5.08. The normalized spacial score (nSPS) is 17.2. The van der Waals surface area contributed by atoms with Crippen LogP contribution in [0, 0.1) is 11.3 Å². The molecule has 12 heavy (non-hydrogen) atoms. The highest BCUT2D eigenvalue weighted by atomic mass is 35.5. The summed E-state index contributed by atoms with van der Waals surface area (Å²) in [6.07, 6.45) is 0.568. The average Bonchev–Trinajstić information content (AvgIpc) is 2.04. The molecule has 0 aliphatic heterocycles. The molecule has 0 radical (unpaired) electrons. The standard InChI is InChI=1S/C8H13ClN2O/c1-4-8(3,5-10)11-7(12)6(2)9/h6H,4H2,1-3H3,(H,11,12). The first-order chi connectivity index (χ1) is 5.45. The van der Waals surface area contributed by atoms with Crippen molar-refractivity contribution in [3.05, 3.63) is 0 Å². The Morgan fingerprint density at radius 1 is 1.83 bits per heavy atom. The molecule has 0 saturated carbocycles. The molecule has 0 aliphatic rings. The van der Waals surface area contributed by atoms with Crippen LogP contribution in [-0.4, -0.2) is 16.8 Å². The third-order valence-corrected chi connectivity index (χ3v) is 1.91. The van der Waals surface area contributed by atoms with Crippen LogP contribution in [0.5, 0.6) is 0 Å². The third-order valence-electron chi connectivity index (χ3n) is 1.71. The largest absolute Gasteiger partial charge is 0.337 e. The summed E-state index contributed by atoms with van der Waals surface area (Å²) in [5.74, 6) is -0.303. The number of alkyl halides is 1. The minimum atomic E-state index is -0.791. The van der Waals surface area contributed by atoms with Gasteiger partial charge in [-0.25, -0.2) is 0 Å². The van der Waals surface area contributed by atoms with Gasteiger partial charge in [0.15, 0.2) is 0 Å². The minimum Gasteiger partial charge on any atom is -0.337 e. The smallest absolute Gasteiger partial charge is 0.238 e. The summed E-state index contributed by atoms with van der Waals surface area (Å²) in [5, 5.41) is 10.7. The molecule has 68 valence electrons. The topological polar surface area (TPSA) is 52.9 Å². The summed E-state index contributed by atoms with van der Waals surface area (Å²) >= 11 is 5.53. The van der Waals surface area contributed by atoms with E-state index in [1.165, 1.54) is 0 Å². The number of nitrogens with zero attached hydrogens (tertiary/aromatic N) is 1. The zero-order valence-electron chi connectivity index (χ0n) is 7.52.